The number of hydrogen-bond acceptors (Lipinski definition) is 6. The summed E-state index contributed by atoms with van der Waals surface area (Å²) in [6.45, 7) is 11.8. The summed E-state index contributed by atoms with van der Waals surface area (Å²) in [5, 5.41) is 11.3. The van der Waals surface area contributed by atoms with Crippen LogP contribution in [0.2, 0.25) is 0 Å². The lowest BCUT2D eigenvalue weighted by atomic mass is 9.50. The number of phenolic OH excluding ortho intramolecular Hbond substituents is 1. The van der Waals surface area contributed by atoms with Gasteiger partial charge in [-0.25, -0.2) is 0 Å². The number of likely N-dealkylation sites (tertiary alicyclic amines) is 1. The molecule has 0 aromatic heterocycles. The van der Waals surface area contributed by atoms with Gasteiger partial charge in [-0.3, -0.25) is 14.6 Å². The summed E-state index contributed by atoms with van der Waals surface area (Å²) in [6.07, 6.45) is 14.5. The molecule has 1 saturated carbocycles. The average Bonchev–Trinajstić information content (AvgIpc) is 3.34. The topological polar surface area (TPSA) is 62.2 Å². The fourth-order valence-electron chi connectivity index (χ4n) is 9.09. The van der Waals surface area contributed by atoms with Gasteiger partial charge in [-0.15, -0.1) is 6.58 Å². The maximum Gasteiger partial charge on any atom is 0.308 e. The number of esters is 1. The lowest BCUT2D eigenvalue weighted by Crippen LogP contribution is -2.68. The van der Waals surface area contributed by atoms with E-state index in [4.69, 9.17) is 9.47 Å². The van der Waals surface area contributed by atoms with Crippen molar-refractivity contribution in [2.24, 2.45) is 5.92 Å². The van der Waals surface area contributed by atoms with Crippen molar-refractivity contribution >= 4 is 5.97 Å². The van der Waals surface area contributed by atoms with Crippen molar-refractivity contribution < 1.29 is 19.4 Å². The SMILES string of the molecule is C=CCN1CC[C@]23c4c5c(O)cc(OC(C)=O)c4O[C@H]2[C@@H](N(CCCC)CCCCCCc2ccccc2)CC[C@H]3[C@H]1C5. The Hall–Kier alpha value is -2.83. The van der Waals surface area contributed by atoms with Crippen LogP contribution < -0.4 is 9.47 Å². The van der Waals surface area contributed by atoms with Gasteiger partial charge in [-0.2, -0.15) is 0 Å². The van der Waals surface area contributed by atoms with Gasteiger partial charge in [0.05, 0.1) is 0 Å². The van der Waals surface area contributed by atoms with Crippen LogP contribution in [0.3, 0.4) is 0 Å². The van der Waals surface area contributed by atoms with Crippen LogP contribution in [0.25, 0.3) is 0 Å². The third-order valence-corrected chi connectivity index (χ3v) is 10.9. The number of rotatable bonds is 14. The summed E-state index contributed by atoms with van der Waals surface area (Å²) in [4.78, 5) is 17.4. The zero-order valence-electron chi connectivity index (χ0n) is 26.2. The van der Waals surface area contributed by atoms with Gasteiger partial charge in [0, 0.05) is 48.2 Å². The fraction of sp³-hybridized carbons (Fsp3) is 0.595. The van der Waals surface area contributed by atoms with Crippen LogP contribution in [0.15, 0.2) is 49.1 Å². The molecule has 43 heavy (non-hydrogen) atoms. The molecular weight excluding hydrogens is 536 g/mol. The van der Waals surface area contributed by atoms with Crippen molar-refractivity contribution in [3.8, 4) is 17.2 Å². The Balaban J connectivity index is 1.25. The Labute approximate surface area is 258 Å². The maximum absolute atomic E-state index is 12.1. The number of aromatic hydroxyl groups is 1. The summed E-state index contributed by atoms with van der Waals surface area (Å²) in [6, 6.07) is 13.1. The number of aryl methyl sites for hydroxylation is 1. The van der Waals surface area contributed by atoms with Crippen LogP contribution >= 0.6 is 0 Å². The highest BCUT2D eigenvalue weighted by atomic mass is 16.6. The van der Waals surface area contributed by atoms with Gasteiger partial charge >= 0.3 is 5.97 Å². The number of ether oxygens (including phenoxy) is 2. The summed E-state index contributed by atoms with van der Waals surface area (Å²) in [7, 11) is 0. The molecule has 1 saturated heterocycles. The normalized spacial score (nSPS) is 27.0. The van der Waals surface area contributed by atoms with E-state index in [9.17, 15) is 9.90 Å². The molecule has 6 rings (SSSR count). The second-order valence-electron chi connectivity index (χ2n) is 13.3. The minimum atomic E-state index is -0.383. The van der Waals surface area contributed by atoms with E-state index in [1.807, 2.05) is 6.08 Å². The lowest BCUT2D eigenvalue weighted by Gasteiger charge is -2.60. The first-order chi connectivity index (χ1) is 21.0. The van der Waals surface area contributed by atoms with Crippen molar-refractivity contribution in [1.29, 1.82) is 0 Å². The summed E-state index contributed by atoms with van der Waals surface area (Å²) in [5.74, 6) is 1.41. The summed E-state index contributed by atoms with van der Waals surface area (Å²) in [5.41, 5.74) is 3.42. The molecule has 0 amide bonds. The second kappa shape index (κ2) is 13.0. The maximum atomic E-state index is 12.1. The number of carbonyl (C=O) groups excluding carboxylic acids is 1. The standard InChI is InChI=1S/C37H50N2O4/c1-4-6-21-39(22-13-8-7-10-14-27-15-11-9-12-16-27)30-18-17-29-31-24-28-32(41)25-33(42-26(3)40)35-34(28)37(29,36(30)43-35)19-23-38(31)20-5-2/h5,9,11-12,15-16,25,29-31,36,41H,2,4,6-8,10,13-14,17-24H2,1,3H3/t29-,30-,31+,36-,37-/m0/s1. The van der Waals surface area contributed by atoms with E-state index >= 15 is 0 Å². The van der Waals surface area contributed by atoms with Crippen LogP contribution in [-0.2, 0) is 23.1 Å². The van der Waals surface area contributed by atoms with Crippen LogP contribution in [0.5, 0.6) is 17.2 Å². The molecule has 1 spiro atoms. The van der Waals surface area contributed by atoms with Crippen molar-refractivity contribution in [2.75, 3.05) is 26.2 Å². The largest absolute Gasteiger partial charge is 0.508 e. The number of hydrogen-bond donors (Lipinski definition) is 1. The van der Waals surface area contributed by atoms with E-state index in [0.29, 0.717) is 23.8 Å². The monoisotopic (exact) mass is 586 g/mol. The third kappa shape index (κ3) is 5.62. The molecule has 6 nitrogen and oxygen atoms in total. The third-order valence-electron chi connectivity index (χ3n) is 10.9. The zero-order valence-corrected chi connectivity index (χ0v) is 26.2. The number of carbonyl (C=O) groups is 1. The molecule has 6 heteroatoms. The Morgan fingerprint density at radius 2 is 1.95 bits per heavy atom. The zero-order chi connectivity index (χ0) is 30.0. The van der Waals surface area contributed by atoms with Gasteiger partial charge in [0.25, 0.3) is 0 Å². The first kappa shape index (κ1) is 30.2. The second-order valence-corrected chi connectivity index (χ2v) is 13.3. The van der Waals surface area contributed by atoms with E-state index in [2.05, 4.69) is 53.6 Å². The number of unbranched alkanes of at least 4 members (excludes halogenated alkanes) is 4. The first-order valence-corrected chi connectivity index (χ1v) is 16.8. The highest BCUT2D eigenvalue weighted by Gasteiger charge is 2.66. The molecule has 0 unspecified atom stereocenters. The van der Waals surface area contributed by atoms with Crippen molar-refractivity contribution in [3.63, 3.8) is 0 Å². The van der Waals surface area contributed by atoms with E-state index in [1.54, 1.807) is 6.07 Å². The smallest absolute Gasteiger partial charge is 0.308 e. The predicted octanol–water partition coefficient (Wildman–Crippen LogP) is 6.82. The number of phenols is 1. The number of piperidine rings is 1. The van der Waals surface area contributed by atoms with Gasteiger partial charge in [-0.05, 0) is 82.5 Å². The molecule has 1 N–H and O–H groups in total. The Bertz CT molecular complexity index is 1300. The highest BCUT2D eigenvalue weighted by Crippen LogP contribution is 2.65. The molecule has 2 heterocycles. The quantitative estimate of drug-likeness (QED) is 0.114. The van der Waals surface area contributed by atoms with E-state index < -0.39 is 0 Å². The van der Waals surface area contributed by atoms with E-state index in [1.165, 1.54) is 51.0 Å². The van der Waals surface area contributed by atoms with Crippen molar-refractivity contribution in [2.45, 2.75) is 108 Å². The molecule has 2 aromatic rings. The van der Waals surface area contributed by atoms with Crippen LogP contribution in [0, 0.1) is 5.92 Å². The molecule has 5 atom stereocenters. The van der Waals surface area contributed by atoms with Gasteiger partial charge in [-0.1, -0.05) is 62.6 Å². The van der Waals surface area contributed by atoms with Crippen LogP contribution in [0.4, 0.5) is 0 Å². The summed E-state index contributed by atoms with van der Waals surface area (Å²) < 4.78 is 12.7. The Morgan fingerprint density at radius 1 is 1.16 bits per heavy atom. The number of nitrogens with zero attached hydrogens (tertiary/aromatic N) is 2. The minimum absolute atomic E-state index is 0.000254. The van der Waals surface area contributed by atoms with Crippen molar-refractivity contribution in [3.05, 3.63) is 65.7 Å². The predicted molar refractivity (Wildman–Crippen MR) is 171 cm³/mol. The fourth-order valence-corrected chi connectivity index (χ4v) is 9.09. The molecule has 2 aliphatic carbocycles. The first-order valence-electron chi connectivity index (χ1n) is 16.8. The Kier molecular flexibility index (Phi) is 9.16. The molecule has 232 valence electrons. The van der Waals surface area contributed by atoms with Gasteiger partial charge < -0.3 is 14.6 Å². The molecule has 2 aliphatic heterocycles. The molecule has 0 radical (unpaired) electrons. The van der Waals surface area contributed by atoms with E-state index in [-0.39, 0.29) is 23.2 Å². The summed E-state index contributed by atoms with van der Waals surface area (Å²) >= 11 is 0. The van der Waals surface area contributed by atoms with Gasteiger partial charge in [0.1, 0.15) is 11.9 Å². The Morgan fingerprint density at radius 3 is 2.72 bits per heavy atom. The van der Waals surface area contributed by atoms with Crippen LogP contribution in [-0.4, -0.2) is 65.2 Å². The molecule has 2 aromatic carbocycles. The van der Waals surface area contributed by atoms with Gasteiger partial charge in [0.2, 0.25) is 0 Å². The average molecular weight is 587 g/mol. The molecular formula is C37H50N2O4. The molecule has 4 aliphatic rings. The molecule has 2 bridgehead atoms. The van der Waals surface area contributed by atoms with Crippen molar-refractivity contribution in [1.82, 2.24) is 9.80 Å². The molecule has 2 fully saturated rings. The number of benzene rings is 2. The highest BCUT2D eigenvalue weighted by molar-refractivity contribution is 5.73. The van der Waals surface area contributed by atoms with Crippen LogP contribution in [0.1, 0.15) is 88.3 Å². The minimum Gasteiger partial charge on any atom is -0.508 e. The lowest BCUT2D eigenvalue weighted by molar-refractivity contribution is -0.132. The van der Waals surface area contributed by atoms with E-state index in [0.717, 1.165) is 75.2 Å². The van der Waals surface area contributed by atoms with Gasteiger partial charge in [0.15, 0.2) is 11.5 Å².